The molecule has 0 saturated heterocycles. The average Bonchev–Trinajstić information content (AvgIpc) is 3.19. The maximum atomic E-state index is 13.4. The summed E-state index contributed by atoms with van der Waals surface area (Å²) in [6, 6.07) is 21.2. The van der Waals surface area contributed by atoms with Crippen LogP contribution < -0.4 is 19.7 Å². The Kier molecular flexibility index (Phi) is 8.37. The van der Waals surface area contributed by atoms with Crippen molar-refractivity contribution in [3.63, 3.8) is 0 Å². The monoisotopic (exact) mass is 541 g/mol. The predicted molar refractivity (Wildman–Crippen MR) is 141 cm³/mol. The molecular weight excluding hydrogens is 519 g/mol. The molecule has 1 N–H and O–H groups in total. The molecule has 196 valence electrons. The van der Waals surface area contributed by atoms with Crippen LogP contribution in [0.25, 0.3) is 6.08 Å². The number of rotatable bonds is 8. The first kappa shape index (κ1) is 26.8. The number of alkyl halides is 3. The zero-order valence-electron chi connectivity index (χ0n) is 20.1. The fraction of sp³-hybridized carbons (Fsp3) is 0.148. The quantitative estimate of drug-likeness (QED) is 0.349. The smallest absolute Gasteiger partial charge is 0.493 e. The number of carbonyl (C=O) groups excluding carboxylic acids is 2. The van der Waals surface area contributed by atoms with E-state index in [4.69, 9.17) is 4.74 Å². The summed E-state index contributed by atoms with van der Waals surface area (Å²) in [7, 11) is 0. The molecule has 0 fully saturated rings. The molecule has 0 radical (unpaired) electrons. The van der Waals surface area contributed by atoms with Crippen LogP contribution in [-0.2, 0) is 9.59 Å². The third-order valence-corrected chi connectivity index (χ3v) is 6.01. The molecule has 4 rings (SSSR count). The van der Waals surface area contributed by atoms with E-state index in [2.05, 4.69) is 15.0 Å². The minimum Gasteiger partial charge on any atom is -0.493 e. The maximum Gasteiger partial charge on any atom is 0.573 e. The summed E-state index contributed by atoms with van der Waals surface area (Å²) in [6.07, 6.45) is -3.30. The van der Waals surface area contributed by atoms with E-state index in [9.17, 15) is 22.8 Å². The van der Waals surface area contributed by atoms with Crippen molar-refractivity contribution in [2.45, 2.75) is 13.3 Å². The molecular formula is C27H22F3N3O4S. The van der Waals surface area contributed by atoms with Gasteiger partial charge < -0.3 is 14.8 Å². The first-order chi connectivity index (χ1) is 18.2. The second-order valence-electron chi connectivity index (χ2n) is 7.75. The lowest BCUT2D eigenvalue weighted by molar-refractivity contribution is -0.274. The van der Waals surface area contributed by atoms with E-state index in [-0.39, 0.29) is 22.3 Å². The van der Waals surface area contributed by atoms with Crippen LogP contribution in [0.2, 0.25) is 0 Å². The predicted octanol–water partition coefficient (Wildman–Crippen LogP) is 6.10. The van der Waals surface area contributed by atoms with Crippen molar-refractivity contribution >= 4 is 46.2 Å². The van der Waals surface area contributed by atoms with Gasteiger partial charge in [0.1, 0.15) is 11.4 Å². The van der Waals surface area contributed by atoms with E-state index in [0.29, 0.717) is 23.6 Å². The highest BCUT2D eigenvalue weighted by atomic mass is 32.2. The summed E-state index contributed by atoms with van der Waals surface area (Å²) in [4.78, 5) is 31.9. The van der Waals surface area contributed by atoms with Gasteiger partial charge >= 0.3 is 6.36 Å². The first-order valence-corrected chi connectivity index (χ1v) is 12.4. The maximum absolute atomic E-state index is 13.4. The number of aliphatic imine (C=N–C) groups is 1. The third kappa shape index (κ3) is 6.74. The number of nitrogens with zero attached hydrogens (tertiary/aromatic N) is 2. The van der Waals surface area contributed by atoms with Crippen LogP contribution in [0.1, 0.15) is 12.5 Å². The normalized spacial score (nSPS) is 14.4. The highest BCUT2D eigenvalue weighted by Crippen LogP contribution is 2.32. The van der Waals surface area contributed by atoms with E-state index in [1.807, 2.05) is 19.1 Å². The lowest BCUT2D eigenvalue weighted by atomic mass is 10.1. The molecule has 3 aromatic rings. The fourth-order valence-corrected chi connectivity index (χ4v) is 4.34. The number of para-hydroxylation sites is 4. The Labute approximate surface area is 221 Å². The Hall–Kier alpha value is -4.25. The van der Waals surface area contributed by atoms with Gasteiger partial charge in [0.2, 0.25) is 5.91 Å². The Morgan fingerprint density at radius 3 is 2.37 bits per heavy atom. The summed E-state index contributed by atoms with van der Waals surface area (Å²) in [5.74, 6) is -1.16. The van der Waals surface area contributed by atoms with Gasteiger partial charge in [-0.15, -0.1) is 13.2 Å². The standard InChI is InChI=1S/C27H22F3N3O4S/c1-2-36-22-14-8-6-10-18(22)16-21-25(35)33(19-11-4-3-5-12-19)26(32-21)38-17-24(34)31-20-13-7-9-15-23(20)37-27(28,29)30/h3-16H,2,17H2,1H3,(H,31,34)/b21-16+. The van der Waals surface area contributed by atoms with Crippen molar-refractivity contribution in [3.8, 4) is 11.5 Å². The number of thioether (sulfide) groups is 1. The molecule has 1 aliphatic heterocycles. The largest absolute Gasteiger partial charge is 0.573 e. The van der Waals surface area contributed by atoms with E-state index < -0.39 is 23.9 Å². The molecule has 0 saturated carbocycles. The van der Waals surface area contributed by atoms with Gasteiger partial charge in [0.05, 0.1) is 23.7 Å². The van der Waals surface area contributed by atoms with Crippen molar-refractivity contribution < 1.29 is 32.2 Å². The van der Waals surface area contributed by atoms with Gasteiger partial charge in [0, 0.05) is 5.56 Å². The topological polar surface area (TPSA) is 80.2 Å². The number of amides is 2. The molecule has 11 heteroatoms. The van der Waals surface area contributed by atoms with Crippen molar-refractivity contribution in [1.82, 2.24) is 0 Å². The highest BCUT2D eigenvalue weighted by Gasteiger charge is 2.34. The summed E-state index contributed by atoms with van der Waals surface area (Å²) in [6.45, 7) is 2.30. The number of anilines is 2. The molecule has 1 aliphatic rings. The minimum atomic E-state index is -4.91. The molecule has 0 spiro atoms. The second kappa shape index (κ2) is 11.9. The van der Waals surface area contributed by atoms with Crippen molar-refractivity contribution in [2.24, 2.45) is 4.99 Å². The average molecular weight is 542 g/mol. The Bertz CT molecular complexity index is 1380. The minimum absolute atomic E-state index is 0.132. The van der Waals surface area contributed by atoms with Crippen LogP contribution >= 0.6 is 11.8 Å². The van der Waals surface area contributed by atoms with Crippen molar-refractivity contribution in [1.29, 1.82) is 0 Å². The van der Waals surface area contributed by atoms with Gasteiger partial charge in [-0.05, 0) is 43.3 Å². The number of hydrogen-bond acceptors (Lipinski definition) is 6. The van der Waals surface area contributed by atoms with Crippen LogP contribution in [0.4, 0.5) is 24.5 Å². The molecule has 0 bridgehead atoms. The second-order valence-corrected chi connectivity index (χ2v) is 8.69. The van der Waals surface area contributed by atoms with E-state index in [0.717, 1.165) is 17.8 Å². The summed E-state index contributed by atoms with van der Waals surface area (Å²) in [5, 5.41) is 2.67. The van der Waals surface area contributed by atoms with Crippen LogP contribution in [0, 0.1) is 0 Å². The molecule has 38 heavy (non-hydrogen) atoms. The van der Waals surface area contributed by atoms with Crippen LogP contribution in [0.3, 0.4) is 0 Å². The van der Waals surface area contributed by atoms with Crippen molar-refractivity contribution in [2.75, 3.05) is 22.6 Å². The number of benzene rings is 3. The van der Waals surface area contributed by atoms with Crippen LogP contribution in [0.5, 0.6) is 11.5 Å². The van der Waals surface area contributed by atoms with Gasteiger partial charge in [0.15, 0.2) is 10.9 Å². The molecule has 0 aromatic heterocycles. The van der Waals surface area contributed by atoms with Gasteiger partial charge in [0.25, 0.3) is 5.91 Å². The zero-order valence-corrected chi connectivity index (χ0v) is 20.9. The fourth-order valence-electron chi connectivity index (χ4n) is 3.53. The van der Waals surface area contributed by atoms with Crippen LogP contribution in [-0.4, -0.2) is 35.7 Å². The SMILES string of the molecule is CCOc1ccccc1/C=C1/N=C(SCC(=O)Nc2ccccc2OC(F)(F)F)N(c2ccccc2)C1=O. The van der Waals surface area contributed by atoms with Gasteiger partial charge in [-0.25, -0.2) is 4.99 Å². The first-order valence-electron chi connectivity index (χ1n) is 11.4. The van der Waals surface area contributed by atoms with Gasteiger partial charge in [-0.3, -0.25) is 14.5 Å². The molecule has 2 amide bonds. The van der Waals surface area contributed by atoms with Gasteiger partial charge in [-0.2, -0.15) is 0 Å². The molecule has 0 unspecified atom stereocenters. The van der Waals surface area contributed by atoms with E-state index >= 15 is 0 Å². The number of nitrogens with one attached hydrogen (secondary N) is 1. The lowest BCUT2D eigenvalue weighted by Crippen LogP contribution is -2.31. The molecule has 3 aromatic carbocycles. The summed E-state index contributed by atoms with van der Waals surface area (Å²) in [5.41, 5.74) is 1.23. The van der Waals surface area contributed by atoms with E-state index in [1.54, 1.807) is 48.5 Å². The number of hydrogen-bond donors (Lipinski definition) is 1. The Balaban J connectivity index is 1.56. The van der Waals surface area contributed by atoms with E-state index in [1.165, 1.54) is 23.1 Å². The molecule has 0 aliphatic carbocycles. The Morgan fingerprint density at radius 1 is 1.00 bits per heavy atom. The number of carbonyl (C=O) groups is 2. The number of halogens is 3. The zero-order chi connectivity index (χ0) is 27.1. The molecule has 7 nitrogen and oxygen atoms in total. The third-order valence-electron chi connectivity index (χ3n) is 5.07. The number of amidine groups is 1. The molecule has 1 heterocycles. The highest BCUT2D eigenvalue weighted by molar-refractivity contribution is 8.14. The summed E-state index contributed by atoms with van der Waals surface area (Å²) < 4.78 is 47.7. The van der Waals surface area contributed by atoms with Gasteiger partial charge in [-0.1, -0.05) is 60.3 Å². The van der Waals surface area contributed by atoms with Crippen LogP contribution in [0.15, 0.2) is 89.6 Å². The lowest BCUT2D eigenvalue weighted by Gasteiger charge is -2.18. The summed E-state index contributed by atoms with van der Waals surface area (Å²) >= 11 is 0.974. The Morgan fingerprint density at radius 2 is 1.66 bits per heavy atom. The number of ether oxygens (including phenoxy) is 2. The van der Waals surface area contributed by atoms with Crippen molar-refractivity contribution in [3.05, 3.63) is 90.1 Å². The molecule has 0 atom stereocenters.